The zero-order valence-corrected chi connectivity index (χ0v) is 14.1. The van der Waals surface area contributed by atoms with Gasteiger partial charge in [-0.1, -0.05) is 13.8 Å². The SMILES string of the molecule is CCCN1CCC(Oc2ccc3c(=O)[nH]cc(CC)c3c2)CC1. The van der Waals surface area contributed by atoms with Crippen molar-refractivity contribution in [1.29, 1.82) is 0 Å². The highest BCUT2D eigenvalue weighted by atomic mass is 16.5. The van der Waals surface area contributed by atoms with Gasteiger partial charge in [-0.2, -0.15) is 0 Å². The zero-order chi connectivity index (χ0) is 16.2. The van der Waals surface area contributed by atoms with Crippen molar-refractivity contribution >= 4 is 10.8 Å². The second kappa shape index (κ2) is 7.18. The smallest absolute Gasteiger partial charge is 0.255 e. The van der Waals surface area contributed by atoms with Crippen molar-refractivity contribution in [2.75, 3.05) is 19.6 Å². The fourth-order valence-corrected chi connectivity index (χ4v) is 3.42. The summed E-state index contributed by atoms with van der Waals surface area (Å²) in [5.74, 6) is 0.881. The number of hydrogen-bond donors (Lipinski definition) is 1. The number of nitrogens with one attached hydrogen (secondary N) is 1. The van der Waals surface area contributed by atoms with Gasteiger partial charge in [-0.25, -0.2) is 0 Å². The predicted octanol–water partition coefficient (Wildman–Crippen LogP) is 3.34. The Labute approximate surface area is 137 Å². The maximum Gasteiger partial charge on any atom is 0.255 e. The molecule has 3 rings (SSSR count). The van der Waals surface area contributed by atoms with Gasteiger partial charge in [-0.3, -0.25) is 4.79 Å². The first kappa shape index (κ1) is 16.1. The average molecular weight is 314 g/mol. The molecular weight excluding hydrogens is 288 g/mol. The molecule has 1 fully saturated rings. The lowest BCUT2D eigenvalue weighted by Gasteiger charge is -2.31. The number of piperidine rings is 1. The molecule has 1 saturated heterocycles. The molecule has 2 heterocycles. The molecule has 23 heavy (non-hydrogen) atoms. The highest BCUT2D eigenvalue weighted by molar-refractivity contribution is 5.85. The van der Waals surface area contributed by atoms with Gasteiger partial charge in [-0.05, 0) is 61.4 Å². The van der Waals surface area contributed by atoms with Crippen molar-refractivity contribution in [3.05, 3.63) is 40.3 Å². The molecule has 0 aliphatic carbocycles. The van der Waals surface area contributed by atoms with Crippen LogP contribution in [0.25, 0.3) is 10.8 Å². The Morgan fingerprint density at radius 1 is 1.22 bits per heavy atom. The van der Waals surface area contributed by atoms with Crippen LogP contribution in [0.4, 0.5) is 0 Å². The van der Waals surface area contributed by atoms with Gasteiger partial charge < -0.3 is 14.6 Å². The second-order valence-electron chi connectivity index (χ2n) is 6.36. The number of hydrogen-bond acceptors (Lipinski definition) is 3. The van der Waals surface area contributed by atoms with E-state index in [0.29, 0.717) is 0 Å². The van der Waals surface area contributed by atoms with Crippen LogP contribution in [-0.4, -0.2) is 35.6 Å². The monoisotopic (exact) mass is 314 g/mol. The van der Waals surface area contributed by atoms with Crippen molar-refractivity contribution in [3.63, 3.8) is 0 Å². The Kier molecular flexibility index (Phi) is 5.01. The molecule has 0 saturated carbocycles. The van der Waals surface area contributed by atoms with E-state index in [1.165, 1.54) is 13.0 Å². The third kappa shape index (κ3) is 3.58. The molecule has 1 aliphatic heterocycles. The summed E-state index contributed by atoms with van der Waals surface area (Å²) in [4.78, 5) is 17.3. The minimum absolute atomic E-state index is 0.0309. The maximum absolute atomic E-state index is 11.9. The largest absolute Gasteiger partial charge is 0.490 e. The number of fused-ring (bicyclic) bond motifs is 1. The number of aromatic amines is 1. The molecule has 1 aromatic heterocycles. The Hall–Kier alpha value is -1.81. The van der Waals surface area contributed by atoms with E-state index in [1.54, 1.807) is 0 Å². The summed E-state index contributed by atoms with van der Waals surface area (Å²) in [6.07, 6.45) is 6.36. The van der Waals surface area contributed by atoms with E-state index in [1.807, 2.05) is 24.4 Å². The van der Waals surface area contributed by atoms with Gasteiger partial charge in [-0.15, -0.1) is 0 Å². The molecule has 0 unspecified atom stereocenters. The van der Waals surface area contributed by atoms with Crippen molar-refractivity contribution in [3.8, 4) is 5.75 Å². The van der Waals surface area contributed by atoms with Gasteiger partial charge in [0.25, 0.3) is 5.56 Å². The van der Waals surface area contributed by atoms with Crippen LogP contribution in [0, 0.1) is 0 Å². The van der Waals surface area contributed by atoms with Crippen LogP contribution in [0.3, 0.4) is 0 Å². The Morgan fingerprint density at radius 2 is 2.00 bits per heavy atom. The quantitative estimate of drug-likeness (QED) is 0.920. The molecule has 0 radical (unpaired) electrons. The van der Waals surface area contributed by atoms with E-state index in [-0.39, 0.29) is 11.7 Å². The Morgan fingerprint density at radius 3 is 2.70 bits per heavy atom. The molecular formula is C19H26N2O2. The van der Waals surface area contributed by atoms with E-state index < -0.39 is 0 Å². The highest BCUT2D eigenvalue weighted by Gasteiger charge is 2.20. The van der Waals surface area contributed by atoms with Gasteiger partial charge in [0, 0.05) is 24.7 Å². The summed E-state index contributed by atoms with van der Waals surface area (Å²) in [5, 5.41) is 1.76. The van der Waals surface area contributed by atoms with Crippen LogP contribution in [0.1, 0.15) is 38.7 Å². The number of pyridine rings is 1. The minimum atomic E-state index is -0.0309. The minimum Gasteiger partial charge on any atom is -0.490 e. The van der Waals surface area contributed by atoms with Crippen molar-refractivity contribution < 1.29 is 4.74 Å². The molecule has 0 bridgehead atoms. The van der Waals surface area contributed by atoms with Crippen molar-refractivity contribution in [1.82, 2.24) is 9.88 Å². The van der Waals surface area contributed by atoms with Gasteiger partial charge in [0.2, 0.25) is 0 Å². The van der Waals surface area contributed by atoms with E-state index >= 15 is 0 Å². The van der Waals surface area contributed by atoms with Crippen LogP contribution in [-0.2, 0) is 6.42 Å². The number of benzene rings is 1. The van der Waals surface area contributed by atoms with Crippen molar-refractivity contribution in [2.45, 2.75) is 45.6 Å². The van der Waals surface area contributed by atoms with E-state index in [2.05, 4.69) is 23.7 Å². The molecule has 4 nitrogen and oxygen atoms in total. The third-order valence-electron chi connectivity index (χ3n) is 4.72. The standard InChI is InChI=1S/C19H26N2O2/c1-3-9-21-10-7-15(8-11-21)23-16-5-6-17-18(12-16)14(4-2)13-20-19(17)22/h5-6,12-13,15H,3-4,7-11H2,1-2H3,(H,20,22). The number of aryl methyl sites for hydroxylation is 1. The average Bonchev–Trinajstić information content (AvgIpc) is 2.57. The lowest BCUT2D eigenvalue weighted by atomic mass is 10.0. The van der Waals surface area contributed by atoms with Gasteiger partial charge in [0.1, 0.15) is 11.9 Å². The fourth-order valence-electron chi connectivity index (χ4n) is 3.42. The summed E-state index contributed by atoms with van der Waals surface area (Å²) < 4.78 is 6.19. The van der Waals surface area contributed by atoms with Gasteiger partial charge >= 0.3 is 0 Å². The molecule has 4 heteroatoms. The summed E-state index contributed by atoms with van der Waals surface area (Å²) in [7, 11) is 0. The highest BCUT2D eigenvalue weighted by Crippen LogP contribution is 2.24. The topological polar surface area (TPSA) is 45.3 Å². The van der Waals surface area contributed by atoms with Crippen molar-refractivity contribution in [2.24, 2.45) is 0 Å². The lowest BCUT2D eigenvalue weighted by Crippen LogP contribution is -2.38. The summed E-state index contributed by atoms with van der Waals surface area (Å²) in [6.45, 7) is 7.75. The summed E-state index contributed by atoms with van der Waals surface area (Å²) >= 11 is 0. The first-order chi connectivity index (χ1) is 11.2. The van der Waals surface area contributed by atoms with Gasteiger partial charge in [0.05, 0.1) is 0 Å². The third-order valence-corrected chi connectivity index (χ3v) is 4.72. The molecule has 1 aliphatic rings. The molecule has 0 spiro atoms. The molecule has 124 valence electrons. The fraction of sp³-hybridized carbons (Fsp3) is 0.526. The van der Waals surface area contributed by atoms with Crippen LogP contribution in [0.15, 0.2) is 29.2 Å². The zero-order valence-electron chi connectivity index (χ0n) is 14.1. The molecule has 1 N–H and O–H groups in total. The normalized spacial score (nSPS) is 16.8. The lowest BCUT2D eigenvalue weighted by molar-refractivity contribution is 0.101. The summed E-state index contributed by atoms with van der Waals surface area (Å²) in [5.41, 5.74) is 1.12. The van der Waals surface area contributed by atoms with E-state index in [4.69, 9.17) is 4.74 Å². The number of ether oxygens (including phenoxy) is 1. The predicted molar refractivity (Wildman–Crippen MR) is 94.3 cm³/mol. The molecule has 0 amide bonds. The first-order valence-electron chi connectivity index (χ1n) is 8.74. The number of nitrogens with zero attached hydrogens (tertiary/aromatic N) is 1. The maximum atomic E-state index is 11.9. The number of aromatic nitrogens is 1. The number of likely N-dealkylation sites (tertiary alicyclic amines) is 1. The summed E-state index contributed by atoms with van der Waals surface area (Å²) in [6, 6.07) is 5.84. The molecule has 1 aromatic carbocycles. The van der Waals surface area contributed by atoms with Crippen LogP contribution >= 0.6 is 0 Å². The van der Waals surface area contributed by atoms with E-state index in [0.717, 1.165) is 54.4 Å². The molecule has 2 aromatic rings. The number of H-pyrrole nitrogens is 1. The molecule has 0 atom stereocenters. The Balaban J connectivity index is 1.75. The Bertz CT molecular complexity index is 715. The van der Waals surface area contributed by atoms with Crippen LogP contribution in [0.5, 0.6) is 5.75 Å². The van der Waals surface area contributed by atoms with Crippen LogP contribution < -0.4 is 10.3 Å². The first-order valence-corrected chi connectivity index (χ1v) is 8.74. The second-order valence-corrected chi connectivity index (χ2v) is 6.36. The van der Waals surface area contributed by atoms with Gasteiger partial charge in [0.15, 0.2) is 0 Å². The van der Waals surface area contributed by atoms with E-state index in [9.17, 15) is 4.79 Å². The number of rotatable bonds is 5. The van der Waals surface area contributed by atoms with Crippen LogP contribution in [0.2, 0.25) is 0 Å².